The van der Waals surface area contributed by atoms with Gasteiger partial charge in [0.1, 0.15) is 5.82 Å². The molecule has 1 aromatic carbocycles. The van der Waals surface area contributed by atoms with Crippen LogP contribution in [0.3, 0.4) is 0 Å². The van der Waals surface area contributed by atoms with E-state index in [4.69, 9.17) is 5.73 Å². The first kappa shape index (κ1) is 16.2. The van der Waals surface area contributed by atoms with Crippen molar-refractivity contribution in [1.82, 2.24) is 9.78 Å². The second-order valence-electron chi connectivity index (χ2n) is 6.02. The maximum atomic E-state index is 12.5. The van der Waals surface area contributed by atoms with Crippen molar-refractivity contribution in [2.24, 2.45) is 17.6 Å². The number of carbonyl (C=O) groups excluding carboxylic acids is 1. The normalized spacial score (nSPS) is 20.6. The Morgan fingerprint density at radius 1 is 1.30 bits per heavy atom. The maximum Gasteiger partial charge on any atom is 0.228 e. The first-order chi connectivity index (χ1) is 11.2. The second kappa shape index (κ2) is 7.27. The molecule has 1 aliphatic carbocycles. The molecule has 1 amide bonds. The molecule has 0 bridgehead atoms. The van der Waals surface area contributed by atoms with Crippen molar-refractivity contribution in [3.8, 4) is 0 Å². The number of hydrogen-bond acceptors (Lipinski definition) is 3. The molecule has 0 radical (unpaired) electrons. The summed E-state index contributed by atoms with van der Waals surface area (Å²) in [5.41, 5.74) is 6.91. The Labute approximate surface area is 144 Å². The zero-order chi connectivity index (χ0) is 16.2. The highest BCUT2D eigenvalue weighted by Gasteiger charge is 2.32. The molecule has 0 saturated heterocycles. The van der Waals surface area contributed by atoms with Crippen LogP contribution in [-0.2, 0) is 11.3 Å². The quantitative estimate of drug-likeness (QED) is 0.842. The lowest BCUT2D eigenvalue weighted by molar-refractivity contribution is -0.120. The SMILES string of the molecule is NC[C@H]1CCC[C@H]1C(=O)Nc1ccnn1Cc1ccc(Br)cc1. The van der Waals surface area contributed by atoms with Gasteiger partial charge in [-0.3, -0.25) is 4.79 Å². The van der Waals surface area contributed by atoms with Crippen molar-refractivity contribution in [1.29, 1.82) is 0 Å². The molecule has 23 heavy (non-hydrogen) atoms. The number of halogens is 1. The molecule has 1 aliphatic rings. The lowest BCUT2D eigenvalue weighted by Crippen LogP contribution is -2.30. The summed E-state index contributed by atoms with van der Waals surface area (Å²) in [6.45, 7) is 1.21. The molecule has 6 heteroatoms. The summed E-state index contributed by atoms with van der Waals surface area (Å²) < 4.78 is 2.86. The molecular formula is C17H21BrN4O. The van der Waals surface area contributed by atoms with Gasteiger partial charge in [-0.05, 0) is 43.0 Å². The number of carbonyl (C=O) groups is 1. The van der Waals surface area contributed by atoms with Crippen LogP contribution < -0.4 is 11.1 Å². The highest BCUT2D eigenvalue weighted by atomic mass is 79.9. The molecule has 0 aliphatic heterocycles. The first-order valence-corrected chi connectivity index (χ1v) is 8.74. The van der Waals surface area contributed by atoms with E-state index in [0.717, 1.165) is 35.1 Å². The van der Waals surface area contributed by atoms with Crippen LogP contribution in [0.1, 0.15) is 24.8 Å². The average molecular weight is 377 g/mol. The fraction of sp³-hybridized carbons (Fsp3) is 0.412. The Balaban J connectivity index is 1.68. The molecule has 122 valence electrons. The lowest BCUT2D eigenvalue weighted by Gasteiger charge is -2.17. The molecule has 0 unspecified atom stereocenters. The number of aromatic nitrogens is 2. The highest BCUT2D eigenvalue weighted by molar-refractivity contribution is 9.10. The molecule has 0 spiro atoms. The Morgan fingerprint density at radius 2 is 2.09 bits per heavy atom. The van der Waals surface area contributed by atoms with Crippen LogP contribution in [-0.4, -0.2) is 22.2 Å². The summed E-state index contributed by atoms with van der Waals surface area (Å²) in [4.78, 5) is 12.5. The van der Waals surface area contributed by atoms with Crippen LogP contribution in [0.15, 0.2) is 41.0 Å². The Bertz CT molecular complexity index is 667. The van der Waals surface area contributed by atoms with Crippen molar-refractivity contribution in [3.63, 3.8) is 0 Å². The summed E-state index contributed by atoms with van der Waals surface area (Å²) in [5.74, 6) is 1.13. The number of amides is 1. The van der Waals surface area contributed by atoms with Crippen LogP contribution in [0.5, 0.6) is 0 Å². The number of anilines is 1. The van der Waals surface area contributed by atoms with Crippen molar-refractivity contribution >= 4 is 27.7 Å². The van der Waals surface area contributed by atoms with E-state index in [9.17, 15) is 4.79 Å². The number of nitrogens with two attached hydrogens (primary N) is 1. The van der Waals surface area contributed by atoms with Gasteiger partial charge in [0.15, 0.2) is 0 Å². The van der Waals surface area contributed by atoms with E-state index in [1.54, 1.807) is 6.20 Å². The summed E-state index contributed by atoms with van der Waals surface area (Å²) >= 11 is 3.43. The average Bonchev–Trinajstić information content (AvgIpc) is 3.19. The predicted octanol–water partition coefficient (Wildman–Crippen LogP) is 3.01. The summed E-state index contributed by atoms with van der Waals surface area (Å²) in [6, 6.07) is 9.92. The van der Waals surface area contributed by atoms with Gasteiger partial charge in [-0.1, -0.05) is 34.5 Å². The van der Waals surface area contributed by atoms with Gasteiger partial charge in [-0.2, -0.15) is 5.10 Å². The van der Waals surface area contributed by atoms with Crippen molar-refractivity contribution in [2.45, 2.75) is 25.8 Å². The molecule has 5 nitrogen and oxygen atoms in total. The van der Waals surface area contributed by atoms with E-state index in [1.807, 2.05) is 35.0 Å². The largest absolute Gasteiger partial charge is 0.330 e. The van der Waals surface area contributed by atoms with Gasteiger partial charge in [0.25, 0.3) is 0 Å². The molecule has 1 saturated carbocycles. The van der Waals surface area contributed by atoms with Crippen LogP contribution in [0.2, 0.25) is 0 Å². The predicted molar refractivity (Wildman–Crippen MR) is 94.0 cm³/mol. The molecule has 3 rings (SSSR count). The third-order valence-electron chi connectivity index (χ3n) is 4.51. The third-order valence-corrected chi connectivity index (χ3v) is 5.04. The number of benzene rings is 1. The molecular weight excluding hydrogens is 356 g/mol. The Morgan fingerprint density at radius 3 is 2.83 bits per heavy atom. The van der Waals surface area contributed by atoms with Gasteiger partial charge >= 0.3 is 0 Å². The highest BCUT2D eigenvalue weighted by Crippen LogP contribution is 2.31. The molecule has 2 aromatic rings. The van der Waals surface area contributed by atoms with Gasteiger partial charge in [0.2, 0.25) is 5.91 Å². The van der Waals surface area contributed by atoms with E-state index in [2.05, 4.69) is 26.3 Å². The molecule has 1 fully saturated rings. The number of nitrogens with one attached hydrogen (secondary N) is 1. The molecule has 3 N–H and O–H groups in total. The van der Waals surface area contributed by atoms with Gasteiger partial charge < -0.3 is 11.1 Å². The van der Waals surface area contributed by atoms with Crippen molar-refractivity contribution < 1.29 is 4.79 Å². The minimum absolute atomic E-state index is 0.0241. The maximum absolute atomic E-state index is 12.5. The summed E-state index contributed by atoms with van der Waals surface area (Å²) in [5, 5.41) is 7.34. The van der Waals surface area contributed by atoms with Crippen LogP contribution in [0, 0.1) is 11.8 Å². The van der Waals surface area contributed by atoms with Crippen LogP contribution in [0.4, 0.5) is 5.82 Å². The van der Waals surface area contributed by atoms with Crippen LogP contribution in [0.25, 0.3) is 0 Å². The monoisotopic (exact) mass is 376 g/mol. The summed E-state index contributed by atoms with van der Waals surface area (Å²) in [6.07, 6.45) is 4.77. The standard InChI is InChI=1S/C17H21BrN4O/c18-14-6-4-12(5-7-14)11-22-16(8-9-20-22)21-17(23)15-3-1-2-13(15)10-19/h4-9,13,15H,1-3,10-11,19H2,(H,21,23)/t13-,15-/m1/s1. The van der Waals surface area contributed by atoms with E-state index < -0.39 is 0 Å². The third kappa shape index (κ3) is 3.82. The molecule has 1 aromatic heterocycles. The lowest BCUT2D eigenvalue weighted by atomic mass is 9.95. The number of hydrogen-bond donors (Lipinski definition) is 2. The van der Waals surface area contributed by atoms with Gasteiger partial charge in [0, 0.05) is 16.5 Å². The van der Waals surface area contributed by atoms with E-state index in [0.29, 0.717) is 19.0 Å². The number of rotatable bonds is 5. The Kier molecular flexibility index (Phi) is 5.13. The minimum atomic E-state index is 0.0241. The van der Waals surface area contributed by atoms with Gasteiger partial charge in [0.05, 0.1) is 12.7 Å². The van der Waals surface area contributed by atoms with E-state index in [-0.39, 0.29) is 11.8 Å². The summed E-state index contributed by atoms with van der Waals surface area (Å²) in [7, 11) is 0. The Hall–Kier alpha value is -1.66. The smallest absolute Gasteiger partial charge is 0.228 e. The van der Waals surface area contributed by atoms with Gasteiger partial charge in [-0.15, -0.1) is 0 Å². The van der Waals surface area contributed by atoms with Crippen LogP contribution >= 0.6 is 15.9 Å². The first-order valence-electron chi connectivity index (χ1n) is 7.94. The fourth-order valence-corrected chi connectivity index (χ4v) is 3.47. The van der Waals surface area contributed by atoms with E-state index >= 15 is 0 Å². The second-order valence-corrected chi connectivity index (χ2v) is 6.94. The number of nitrogens with zero attached hydrogens (tertiary/aromatic N) is 2. The van der Waals surface area contributed by atoms with Crippen molar-refractivity contribution in [3.05, 3.63) is 46.6 Å². The molecule has 1 heterocycles. The fourth-order valence-electron chi connectivity index (χ4n) is 3.21. The molecule has 2 atom stereocenters. The van der Waals surface area contributed by atoms with E-state index in [1.165, 1.54) is 0 Å². The zero-order valence-corrected chi connectivity index (χ0v) is 14.5. The van der Waals surface area contributed by atoms with Crippen molar-refractivity contribution in [2.75, 3.05) is 11.9 Å². The zero-order valence-electron chi connectivity index (χ0n) is 12.9. The topological polar surface area (TPSA) is 72.9 Å². The van der Waals surface area contributed by atoms with Gasteiger partial charge in [-0.25, -0.2) is 4.68 Å². The minimum Gasteiger partial charge on any atom is -0.330 e.